The van der Waals surface area contributed by atoms with Crippen molar-refractivity contribution in [2.45, 2.75) is 6.17 Å². The fourth-order valence-corrected chi connectivity index (χ4v) is 8.91. The van der Waals surface area contributed by atoms with Crippen LogP contribution in [-0.2, 0) is 0 Å². The summed E-state index contributed by atoms with van der Waals surface area (Å²) in [6.07, 6.45) is -0.484. The molecule has 0 bridgehead atoms. The molecule has 9 aromatic carbocycles. The monoisotopic (exact) mass is 742 g/mol. The Kier molecular flexibility index (Phi) is 7.23. The summed E-state index contributed by atoms with van der Waals surface area (Å²) in [6.45, 7) is 0. The van der Waals surface area contributed by atoms with Crippen molar-refractivity contribution in [1.82, 2.24) is 9.88 Å². The van der Waals surface area contributed by atoms with E-state index in [1.165, 1.54) is 32.3 Å². The predicted octanol–water partition coefficient (Wildman–Crippen LogP) is 13.2. The molecule has 0 saturated carbocycles. The molecule has 12 rings (SSSR count). The number of fused-ring (bicyclic) bond motifs is 10. The third-order valence-electron chi connectivity index (χ3n) is 11.6. The number of nitrogens with zero attached hydrogens (tertiary/aromatic N) is 3. The van der Waals surface area contributed by atoms with Crippen LogP contribution in [0.15, 0.2) is 209 Å². The summed E-state index contributed by atoms with van der Waals surface area (Å²) in [5, 5.41) is 13.1. The largest absolute Gasteiger partial charge is 0.454 e. The lowest BCUT2D eigenvalue weighted by Crippen LogP contribution is -2.36. The summed E-state index contributed by atoms with van der Waals surface area (Å²) < 4.78 is 9.35. The Morgan fingerprint density at radius 1 is 0.431 bits per heavy atom. The molecule has 0 radical (unpaired) electrons. The number of hydrogen-bond donors (Lipinski definition) is 1. The van der Waals surface area contributed by atoms with E-state index in [-0.39, 0.29) is 0 Å². The summed E-state index contributed by atoms with van der Waals surface area (Å²) in [5.41, 5.74) is 10.2. The molecule has 1 aliphatic rings. The molecule has 1 atom stereocenters. The third kappa shape index (κ3) is 5.10. The second-order valence-electron chi connectivity index (χ2n) is 15.0. The molecule has 272 valence electrons. The first-order valence-corrected chi connectivity index (χ1v) is 19.7. The molecule has 1 N–H and O–H groups in total. The topological polar surface area (TPSA) is 54.8 Å². The molecule has 0 spiro atoms. The van der Waals surface area contributed by atoms with Gasteiger partial charge in [0, 0.05) is 38.2 Å². The number of benzene rings is 9. The minimum absolute atomic E-state index is 0.484. The van der Waals surface area contributed by atoms with Crippen molar-refractivity contribution in [2.75, 3.05) is 0 Å². The van der Waals surface area contributed by atoms with E-state index in [1.807, 2.05) is 24.3 Å². The van der Waals surface area contributed by atoms with E-state index < -0.39 is 6.17 Å². The van der Waals surface area contributed by atoms with Gasteiger partial charge in [0.2, 0.25) is 0 Å². The Bertz CT molecular complexity index is 3390. The molecule has 0 aliphatic carbocycles. The van der Waals surface area contributed by atoms with Gasteiger partial charge in [0.05, 0.1) is 16.7 Å². The van der Waals surface area contributed by atoms with Gasteiger partial charge in [0.1, 0.15) is 17.3 Å². The zero-order valence-electron chi connectivity index (χ0n) is 31.3. The van der Waals surface area contributed by atoms with E-state index in [1.54, 1.807) is 0 Å². The Morgan fingerprint density at radius 2 is 1.00 bits per heavy atom. The van der Waals surface area contributed by atoms with Crippen molar-refractivity contribution in [2.24, 2.45) is 9.98 Å². The van der Waals surface area contributed by atoms with Crippen molar-refractivity contribution >= 4 is 77.0 Å². The smallest absolute Gasteiger partial charge is 0.169 e. The highest BCUT2D eigenvalue weighted by Gasteiger charge is 2.24. The molecule has 11 aromatic rings. The third-order valence-corrected chi connectivity index (χ3v) is 11.6. The fraction of sp³-hybridized carbons (Fsp3) is 0.0189. The molecule has 5 heteroatoms. The van der Waals surface area contributed by atoms with E-state index in [2.05, 4.69) is 180 Å². The Balaban J connectivity index is 1.03. The number of aromatic nitrogens is 1. The lowest BCUT2D eigenvalue weighted by Gasteiger charge is -2.22. The van der Waals surface area contributed by atoms with Crippen LogP contribution < -0.4 is 5.32 Å². The summed E-state index contributed by atoms with van der Waals surface area (Å²) in [7, 11) is 0. The lowest BCUT2D eigenvalue weighted by molar-refractivity contribution is 0.663. The second kappa shape index (κ2) is 12.9. The lowest BCUT2D eigenvalue weighted by atomic mass is 10.00. The maximum atomic E-state index is 6.97. The number of amidine groups is 2. The van der Waals surface area contributed by atoms with Gasteiger partial charge in [-0.25, -0.2) is 9.98 Å². The number of hydrogen-bond acceptors (Lipinski definition) is 4. The summed E-state index contributed by atoms with van der Waals surface area (Å²) in [4.78, 5) is 10.4. The van der Waals surface area contributed by atoms with E-state index in [4.69, 9.17) is 14.4 Å². The summed E-state index contributed by atoms with van der Waals surface area (Å²) in [5.74, 6) is 1.55. The SMILES string of the molecule is c1ccc(C2=NC(c3ccc4c(c3)oc3c(-n5c6ccc7ccccc7c6c6c7ccccc7ccc65)cccc34)N=C(c3cccc(-c4ccccc4)c3)N2)cc1. The van der Waals surface area contributed by atoms with E-state index in [0.717, 1.165) is 78.1 Å². The van der Waals surface area contributed by atoms with Gasteiger partial charge in [0.15, 0.2) is 11.7 Å². The van der Waals surface area contributed by atoms with Crippen molar-refractivity contribution in [3.05, 3.63) is 211 Å². The first-order chi connectivity index (χ1) is 28.7. The Labute approximate surface area is 333 Å². The standard InChI is InChI=1S/C53H34N4O/c1-3-13-33(14-4-1)37-19-11-20-38(31-37)52-54-51(36-17-5-2-6-18-36)55-53(56-52)39-25-28-42-43-23-12-24-46(50(43)58-47(42)32-39)57-44-29-26-34-15-7-9-21-40(34)48(44)49-41-22-10-8-16-35(41)27-30-45(49)57/h1-32,53H,(H,54,55,56). The quantitative estimate of drug-likeness (QED) is 0.191. The molecule has 5 nitrogen and oxygen atoms in total. The van der Waals surface area contributed by atoms with Crippen LogP contribution in [0.5, 0.6) is 0 Å². The first kappa shape index (κ1) is 32.5. The second-order valence-corrected chi connectivity index (χ2v) is 15.0. The van der Waals surface area contributed by atoms with E-state index in [0.29, 0.717) is 0 Å². The fourth-order valence-electron chi connectivity index (χ4n) is 8.91. The molecule has 1 aliphatic heterocycles. The summed E-state index contributed by atoms with van der Waals surface area (Å²) >= 11 is 0. The van der Waals surface area contributed by atoms with Gasteiger partial charge in [-0.15, -0.1) is 0 Å². The van der Waals surface area contributed by atoms with Crippen LogP contribution in [0.1, 0.15) is 22.9 Å². The number of nitrogens with one attached hydrogen (secondary N) is 1. The number of rotatable bonds is 5. The van der Waals surface area contributed by atoms with Crippen LogP contribution in [0.25, 0.3) is 82.1 Å². The predicted molar refractivity (Wildman–Crippen MR) is 240 cm³/mol. The van der Waals surface area contributed by atoms with Gasteiger partial charge in [-0.2, -0.15) is 0 Å². The first-order valence-electron chi connectivity index (χ1n) is 19.7. The number of para-hydroxylation sites is 1. The molecular weight excluding hydrogens is 709 g/mol. The van der Waals surface area contributed by atoms with Crippen LogP contribution in [-0.4, -0.2) is 16.2 Å². The summed E-state index contributed by atoms with van der Waals surface area (Å²) in [6, 6.07) is 68.5. The van der Waals surface area contributed by atoms with Gasteiger partial charge >= 0.3 is 0 Å². The van der Waals surface area contributed by atoms with Crippen molar-refractivity contribution in [3.63, 3.8) is 0 Å². The minimum atomic E-state index is -0.484. The molecule has 2 aromatic heterocycles. The average Bonchev–Trinajstić information content (AvgIpc) is 3.85. The number of furan rings is 1. The highest BCUT2D eigenvalue weighted by Crippen LogP contribution is 2.43. The van der Waals surface area contributed by atoms with Gasteiger partial charge < -0.3 is 14.3 Å². The Hall–Kier alpha value is -7.76. The highest BCUT2D eigenvalue weighted by atomic mass is 16.3. The molecule has 3 heterocycles. The van der Waals surface area contributed by atoms with E-state index >= 15 is 0 Å². The van der Waals surface area contributed by atoms with Crippen molar-refractivity contribution in [1.29, 1.82) is 0 Å². The van der Waals surface area contributed by atoms with Crippen molar-refractivity contribution < 1.29 is 4.42 Å². The van der Waals surface area contributed by atoms with Gasteiger partial charge in [0.25, 0.3) is 0 Å². The van der Waals surface area contributed by atoms with Gasteiger partial charge in [-0.1, -0.05) is 164 Å². The van der Waals surface area contributed by atoms with Crippen LogP contribution in [0, 0.1) is 0 Å². The zero-order chi connectivity index (χ0) is 38.2. The maximum Gasteiger partial charge on any atom is 0.169 e. The molecular formula is C53H34N4O. The molecule has 0 saturated heterocycles. The molecule has 0 amide bonds. The molecule has 58 heavy (non-hydrogen) atoms. The number of aliphatic imine (C=N–C) groups is 2. The average molecular weight is 743 g/mol. The van der Waals surface area contributed by atoms with Crippen LogP contribution in [0.2, 0.25) is 0 Å². The Morgan fingerprint density at radius 3 is 1.71 bits per heavy atom. The minimum Gasteiger partial charge on any atom is -0.454 e. The maximum absolute atomic E-state index is 6.97. The van der Waals surface area contributed by atoms with Crippen LogP contribution in [0.4, 0.5) is 0 Å². The van der Waals surface area contributed by atoms with Crippen LogP contribution >= 0.6 is 0 Å². The molecule has 0 fully saturated rings. The van der Waals surface area contributed by atoms with Crippen LogP contribution in [0.3, 0.4) is 0 Å². The van der Waals surface area contributed by atoms with Gasteiger partial charge in [-0.3, -0.25) is 0 Å². The van der Waals surface area contributed by atoms with Crippen molar-refractivity contribution in [3.8, 4) is 16.8 Å². The normalized spacial score (nSPS) is 14.4. The van der Waals surface area contributed by atoms with E-state index in [9.17, 15) is 0 Å². The molecule has 1 unspecified atom stereocenters. The van der Waals surface area contributed by atoms with Gasteiger partial charge in [-0.05, 0) is 63.0 Å². The zero-order valence-corrected chi connectivity index (χ0v) is 31.3. The highest BCUT2D eigenvalue weighted by molar-refractivity contribution is 6.29.